The molecule has 3 amide bonds. The number of rotatable bonds is 16. The first-order valence-electron chi connectivity index (χ1n) is 14.7. The number of carbonyl (C=O) groups is 5. The van der Waals surface area contributed by atoms with Gasteiger partial charge in [-0.2, -0.15) is 0 Å². The molecule has 1 fully saturated rings. The van der Waals surface area contributed by atoms with Gasteiger partial charge in [0.25, 0.3) is 17.5 Å². The maximum absolute atomic E-state index is 13.7. The molecule has 1 aliphatic rings. The van der Waals surface area contributed by atoms with Gasteiger partial charge >= 0.3 is 5.97 Å². The number of carbonyl (C=O) groups excluding carboxylic acids is 5. The van der Waals surface area contributed by atoms with E-state index in [1.54, 1.807) is 31.2 Å². The van der Waals surface area contributed by atoms with Crippen LogP contribution >= 0.6 is 11.6 Å². The van der Waals surface area contributed by atoms with E-state index in [4.69, 9.17) is 21.1 Å². The van der Waals surface area contributed by atoms with Crippen LogP contribution in [0.25, 0.3) is 0 Å². The molecule has 13 nitrogen and oxygen atoms in total. The summed E-state index contributed by atoms with van der Waals surface area (Å²) in [5.74, 6) is -4.56. The molecule has 1 saturated carbocycles. The largest absolute Gasteiger partial charge is 0.465 e. The number of nitro benzene ring substituents is 1. The monoisotopic (exact) mass is 644 g/mol. The van der Waals surface area contributed by atoms with Gasteiger partial charge in [-0.3, -0.25) is 34.1 Å². The van der Waals surface area contributed by atoms with E-state index in [1.807, 2.05) is 6.07 Å². The number of hydrogen-bond acceptors (Lipinski definition) is 9. The Labute approximate surface area is 265 Å². The lowest BCUT2D eigenvalue weighted by Gasteiger charge is -2.28. The highest BCUT2D eigenvalue weighted by atomic mass is 35.5. The topological polar surface area (TPSA) is 183 Å². The van der Waals surface area contributed by atoms with E-state index in [2.05, 4.69) is 16.0 Å². The lowest BCUT2D eigenvalue weighted by Crippen LogP contribution is -2.56. The molecule has 0 radical (unpaired) electrons. The van der Waals surface area contributed by atoms with Crippen LogP contribution in [0.3, 0.4) is 0 Å². The van der Waals surface area contributed by atoms with Crippen LogP contribution in [0.4, 0.5) is 5.69 Å². The lowest BCUT2D eigenvalue weighted by atomic mass is 9.84. The summed E-state index contributed by atoms with van der Waals surface area (Å²) in [4.78, 5) is 75.4. The van der Waals surface area contributed by atoms with Crippen molar-refractivity contribution in [3.05, 3.63) is 74.8 Å². The van der Waals surface area contributed by atoms with Crippen LogP contribution in [0.15, 0.2) is 48.5 Å². The number of Topliss-reactive ketones (excluding diaryl/α,β-unsaturated/α-hetero) is 1. The summed E-state index contributed by atoms with van der Waals surface area (Å²) in [7, 11) is 0. The van der Waals surface area contributed by atoms with Gasteiger partial charge in [-0.05, 0) is 37.0 Å². The zero-order valence-corrected chi connectivity index (χ0v) is 25.7. The molecule has 45 heavy (non-hydrogen) atoms. The van der Waals surface area contributed by atoms with Crippen LogP contribution in [0.1, 0.15) is 61.4 Å². The molecule has 0 aromatic heterocycles. The molecular weight excluding hydrogens is 608 g/mol. The Bertz CT molecular complexity index is 1370. The quantitative estimate of drug-likeness (QED) is 0.107. The number of esters is 1. The lowest BCUT2D eigenvalue weighted by molar-refractivity contribution is -0.385. The first-order chi connectivity index (χ1) is 21.6. The van der Waals surface area contributed by atoms with Crippen LogP contribution in [0.5, 0.6) is 0 Å². The van der Waals surface area contributed by atoms with Gasteiger partial charge in [0.1, 0.15) is 24.2 Å². The second kappa shape index (κ2) is 17.8. The first kappa shape index (κ1) is 35.1. The minimum Gasteiger partial charge on any atom is -0.465 e. The van der Waals surface area contributed by atoms with Crippen LogP contribution in [-0.2, 0) is 35.3 Å². The standard InChI is InChI=1S/C31H37ClN4O9/c1-2-45-27(37)17-33-31(41)28(38)25(19-44-18-21-11-7-4-8-12-21)35-30(40)24(15-20-9-5-3-6-10-20)34-29(39)23-16-22(32)13-14-26(23)36(42)43/h4,7-8,11-14,16,20,24-25H,2-3,5-6,9-10,15,17-19H2,1H3,(H,33,41)(H,34,39)(H,35,40)/t24-,25?/m0/s1. The molecule has 2 aromatic carbocycles. The zero-order chi connectivity index (χ0) is 32.8. The van der Waals surface area contributed by atoms with E-state index >= 15 is 0 Å². The highest BCUT2D eigenvalue weighted by Crippen LogP contribution is 2.28. The second-order valence-electron chi connectivity index (χ2n) is 10.6. The molecular formula is C31H37ClN4O9. The first-order valence-corrected chi connectivity index (χ1v) is 15.1. The third kappa shape index (κ3) is 11.3. The summed E-state index contributed by atoms with van der Waals surface area (Å²) < 4.78 is 10.4. The minimum atomic E-state index is -1.48. The van der Waals surface area contributed by atoms with Crippen molar-refractivity contribution >= 4 is 46.8 Å². The second-order valence-corrected chi connectivity index (χ2v) is 11.0. The molecule has 0 heterocycles. The predicted octanol–water partition coefficient (Wildman–Crippen LogP) is 3.27. The Kier molecular flexibility index (Phi) is 13.9. The zero-order valence-electron chi connectivity index (χ0n) is 24.9. The van der Waals surface area contributed by atoms with Gasteiger partial charge in [0.2, 0.25) is 11.7 Å². The van der Waals surface area contributed by atoms with E-state index in [0.29, 0.717) is 0 Å². The number of ketones is 1. The summed E-state index contributed by atoms with van der Waals surface area (Å²) in [6.45, 7) is 0.805. The Morgan fingerprint density at radius 3 is 2.38 bits per heavy atom. The van der Waals surface area contributed by atoms with Crippen molar-refractivity contribution in [1.29, 1.82) is 0 Å². The van der Waals surface area contributed by atoms with Crippen molar-refractivity contribution in [3.8, 4) is 0 Å². The number of benzene rings is 2. The fourth-order valence-electron chi connectivity index (χ4n) is 5.01. The van der Waals surface area contributed by atoms with Crippen LogP contribution in [0.2, 0.25) is 5.02 Å². The van der Waals surface area contributed by atoms with Crippen LogP contribution in [-0.4, -0.2) is 66.2 Å². The molecule has 0 bridgehead atoms. The Hall–Kier alpha value is -4.36. The fourth-order valence-corrected chi connectivity index (χ4v) is 5.18. The fraction of sp³-hybridized carbons (Fsp3) is 0.452. The number of nitrogens with zero attached hydrogens (tertiary/aromatic N) is 1. The molecule has 0 aliphatic heterocycles. The molecule has 2 aromatic rings. The smallest absolute Gasteiger partial charge is 0.325 e. The molecule has 3 rings (SSSR count). The maximum Gasteiger partial charge on any atom is 0.325 e. The van der Waals surface area contributed by atoms with Crippen molar-refractivity contribution in [2.75, 3.05) is 19.8 Å². The molecule has 3 N–H and O–H groups in total. The molecule has 0 spiro atoms. The third-order valence-corrected chi connectivity index (χ3v) is 7.50. The number of ether oxygens (including phenoxy) is 2. The number of nitro groups is 1. The molecule has 1 aliphatic carbocycles. The normalized spacial score (nSPS) is 14.4. The number of hydrogen-bond donors (Lipinski definition) is 3. The van der Waals surface area contributed by atoms with Gasteiger partial charge in [-0.15, -0.1) is 0 Å². The molecule has 0 saturated heterocycles. The van der Waals surface area contributed by atoms with Crippen molar-refractivity contribution in [2.45, 2.75) is 64.1 Å². The predicted molar refractivity (Wildman–Crippen MR) is 163 cm³/mol. The Morgan fingerprint density at radius 1 is 1.00 bits per heavy atom. The average Bonchev–Trinajstić information content (AvgIpc) is 3.03. The average molecular weight is 645 g/mol. The summed E-state index contributed by atoms with van der Waals surface area (Å²) in [5, 5.41) is 19.0. The Balaban J connectivity index is 1.81. The van der Waals surface area contributed by atoms with Crippen LogP contribution in [0, 0.1) is 16.0 Å². The summed E-state index contributed by atoms with van der Waals surface area (Å²) >= 11 is 6.01. The third-order valence-electron chi connectivity index (χ3n) is 7.27. The minimum absolute atomic E-state index is 0.0699. The number of nitrogens with one attached hydrogen (secondary N) is 3. The Morgan fingerprint density at radius 2 is 1.71 bits per heavy atom. The molecule has 1 unspecified atom stereocenters. The van der Waals surface area contributed by atoms with Gasteiger partial charge in [-0.25, -0.2) is 0 Å². The summed E-state index contributed by atoms with van der Waals surface area (Å²) in [6.07, 6.45) is 4.77. The van der Waals surface area contributed by atoms with Gasteiger partial charge in [0.05, 0.1) is 24.7 Å². The van der Waals surface area contributed by atoms with Gasteiger partial charge in [0.15, 0.2) is 0 Å². The highest BCUT2D eigenvalue weighted by molar-refractivity contribution is 6.38. The maximum atomic E-state index is 13.7. The van der Waals surface area contributed by atoms with E-state index in [-0.39, 0.29) is 36.1 Å². The summed E-state index contributed by atoms with van der Waals surface area (Å²) in [6, 6.07) is 9.86. The van der Waals surface area contributed by atoms with Crippen LogP contribution < -0.4 is 16.0 Å². The highest BCUT2D eigenvalue weighted by Gasteiger charge is 2.33. The van der Waals surface area contributed by atoms with E-state index < -0.39 is 65.3 Å². The van der Waals surface area contributed by atoms with Crippen molar-refractivity contribution < 1.29 is 38.4 Å². The molecule has 14 heteroatoms. The van der Waals surface area contributed by atoms with E-state index in [1.165, 1.54) is 6.07 Å². The van der Waals surface area contributed by atoms with Gasteiger partial charge in [0, 0.05) is 11.1 Å². The summed E-state index contributed by atoms with van der Waals surface area (Å²) in [5.41, 5.74) is -0.0344. The van der Waals surface area contributed by atoms with E-state index in [9.17, 15) is 34.1 Å². The van der Waals surface area contributed by atoms with Gasteiger partial charge in [-0.1, -0.05) is 74.0 Å². The SMILES string of the molecule is CCOC(=O)CNC(=O)C(=O)C(COCc1ccccc1)NC(=O)[C@H](CC1CCCCC1)NC(=O)c1cc(Cl)ccc1[N+](=O)[O-]. The van der Waals surface area contributed by atoms with Gasteiger partial charge < -0.3 is 25.4 Å². The molecule has 242 valence electrons. The van der Waals surface area contributed by atoms with E-state index in [0.717, 1.165) is 49.8 Å². The number of amides is 3. The molecule has 2 atom stereocenters. The van der Waals surface area contributed by atoms with Crippen molar-refractivity contribution in [2.24, 2.45) is 5.92 Å². The van der Waals surface area contributed by atoms with Crippen molar-refractivity contribution in [3.63, 3.8) is 0 Å². The van der Waals surface area contributed by atoms with Crippen molar-refractivity contribution in [1.82, 2.24) is 16.0 Å². The number of halogens is 1.